The van der Waals surface area contributed by atoms with Gasteiger partial charge in [0.2, 0.25) is 15.9 Å². The van der Waals surface area contributed by atoms with Gasteiger partial charge in [0, 0.05) is 25.1 Å². The van der Waals surface area contributed by atoms with Gasteiger partial charge in [0.1, 0.15) is 5.82 Å². The second-order valence-electron chi connectivity index (χ2n) is 8.81. The van der Waals surface area contributed by atoms with Gasteiger partial charge in [0.25, 0.3) is 5.56 Å². The van der Waals surface area contributed by atoms with Crippen molar-refractivity contribution in [3.05, 3.63) is 27.4 Å². The molecule has 1 aromatic heterocycles. The van der Waals surface area contributed by atoms with Gasteiger partial charge in [0.15, 0.2) is 0 Å². The maximum absolute atomic E-state index is 13.1. The highest BCUT2D eigenvalue weighted by molar-refractivity contribution is 7.89. The van der Waals surface area contributed by atoms with Crippen LogP contribution >= 0.6 is 0 Å². The molecule has 2 aliphatic heterocycles. The van der Waals surface area contributed by atoms with E-state index in [-0.39, 0.29) is 29.8 Å². The van der Waals surface area contributed by atoms with E-state index in [9.17, 15) is 18.0 Å². The van der Waals surface area contributed by atoms with E-state index in [0.717, 1.165) is 32.1 Å². The number of fused-ring (bicyclic) bond motifs is 1. The van der Waals surface area contributed by atoms with Crippen molar-refractivity contribution in [3.63, 3.8) is 0 Å². The lowest BCUT2D eigenvalue weighted by atomic mass is 9.97. The second-order valence-corrected chi connectivity index (χ2v) is 11.1. The molecular formula is C21H32N4O4S. The second kappa shape index (κ2) is 8.78. The van der Waals surface area contributed by atoms with Crippen molar-refractivity contribution in [1.82, 2.24) is 19.2 Å². The highest BCUT2D eigenvalue weighted by Crippen LogP contribution is 2.33. The van der Waals surface area contributed by atoms with Crippen LogP contribution in [0, 0.1) is 5.92 Å². The molecule has 1 saturated heterocycles. The molecule has 0 spiro atoms. The average Bonchev–Trinajstić information content (AvgIpc) is 3.26. The number of piperidine rings is 1. The Kier molecular flexibility index (Phi) is 6.29. The van der Waals surface area contributed by atoms with Crippen LogP contribution in [-0.4, -0.2) is 52.3 Å². The summed E-state index contributed by atoms with van der Waals surface area (Å²) < 4.78 is 26.0. The molecule has 166 valence electrons. The van der Waals surface area contributed by atoms with Crippen molar-refractivity contribution in [2.24, 2.45) is 5.92 Å². The van der Waals surface area contributed by atoms with Gasteiger partial charge in [-0.1, -0.05) is 12.8 Å². The van der Waals surface area contributed by atoms with Crippen LogP contribution in [0.3, 0.4) is 0 Å². The highest BCUT2D eigenvalue weighted by atomic mass is 32.2. The molecule has 3 heterocycles. The lowest BCUT2D eigenvalue weighted by Gasteiger charge is -2.36. The van der Waals surface area contributed by atoms with Gasteiger partial charge in [-0.3, -0.25) is 9.59 Å². The third-order valence-electron chi connectivity index (χ3n) is 6.89. The smallest absolute Gasteiger partial charge is 0.254 e. The van der Waals surface area contributed by atoms with Crippen molar-refractivity contribution < 1.29 is 13.2 Å². The summed E-state index contributed by atoms with van der Waals surface area (Å²) in [5.41, 5.74) is 0.907. The van der Waals surface area contributed by atoms with Gasteiger partial charge in [-0.25, -0.2) is 13.4 Å². The molecule has 1 unspecified atom stereocenters. The van der Waals surface area contributed by atoms with Gasteiger partial charge >= 0.3 is 0 Å². The van der Waals surface area contributed by atoms with Gasteiger partial charge in [-0.05, 0) is 51.4 Å². The molecule has 8 nitrogen and oxygen atoms in total. The third kappa shape index (κ3) is 4.32. The highest BCUT2D eigenvalue weighted by Gasteiger charge is 2.34. The minimum absolute atomic E-state index is 0.0322. The predicted molar refractivity (Wildman–Crippen MR) is 113 cm³/mol. The number of hydrogen-bond acceptors (Lipinski definition) is 5. The van der Waals surface area contributed by atoms with E-state index >= 15 is 0 Å². The summed E-state index contributed by atoms with van der Waals surface area (Å²) in [4.78, 5) is 35.3. The number of hydrogen-bond donors (Lipinski definition) is 1. The standard InChI is InChI=1S/C21H32N4O4S/c1-2-30(28,29)24-12-10-16-17(14-24)22-20(23-21(16)27)18-9-5-6-11-25(18)19(26)13-15-7-3-4-8-15/h15,18H,2-14H2,1H3,(H,22,23,27). The first-order chi connectivity index (χ1) is 14.4. The maximum Gasteiger partial charge on any atom is 0.254 e. The molecule has 1 N–H and O–H groups in total. The molecule has 3 aliphatic rings. The molecule has 1 aromatic rings. The zero-order valence-corrected chi connectivity index (χ0v) is 18.5. The number of amides is 1. The van der Waals surface area contributed by atoms with E-state index < -0.39 is 10.0 Å². The number of aromatic amines is 1. The Morgan fingerprint density at radius 3 is 2.60 bits per heavy atom. The van der Waals surface area contributed by atoms with Crippen molar-refractivity contribution in [2.75, 3.05) is 18.8 Å². The summed E-state index contributed by atoms with van der Waals surface area (Å²) in [5.74, 6) is 1.17. The van der Waals surface area contributed by atoms with E-state index in [1.807, 2.05) is 4.90 Å². The topological polar surface area (TPSA) is 103 Å². The fourth-order valence-electron chi connectivity index (χ4n) is 5.11. The number of H-pyrrole nitrogens is 1. The number of carbonyl (C=O) groups is 1. The summed E-state index contributed by atoms with van der Waals surface area (Å²) in [6, 6.07) is -0.233. The summed E-state index contributed by atoms with van der Waals surface area (Å²) in [6.07, 6.45) is 8.32. The lowest BCUT2D eigenvalue weighted by Crippen LogP contribution is -2.43. The van der Waals surface area contributed by atoms with E-state index in [2.05, 4.69) is 4.98 Å². The number of nitrogens with zero attached hydrogens (tertiary/aromatic N) is 3. The largest absolute Gasteiger partial charge is 0.333 e. The SMILES string of the molecule is CCS(=O)(=O)N1CCc2c(nc(C3CCCCN3C(=O)CC3CCCC3)[nH]c2=O)C1. The van der Waals surface area contributed by atoms with Crippen LogP contribution in [0.5, 0.6) is 0 Å². The minimum Gasteiger partial charge on any atom is -0.333 e. The molecule has 9 heteroatoms. The fourth-order valence-corrected chi connectivity index (χ4v) is 6.16. The summed E-state index contributed by atoms with van der Waals surface area (Å²) >= 11 is 0. The molecule has 30 heavy (non-hydrogen) atoms. The Morgan fingerprint density at radius 1 is 1.13 bits per heavy atom. The van der Waals surface area contributed by atoms with E-state index in [0.29, 0.717) is 48.9 Å². The van der Waals surface area contributed by atoms with Crippen molar-refractivity contribution >= 4 is 15.9 Å². The number of sulfonamides is 1. The number of likely N-dealkylation sites (tertiary alicyclic amines) is 1. The average molecular weight is 437 g/mol. The summed E-state index contributed by atoms with van der Waals surface area (Å²) in [5, 5.41) is 0. The lowest BCUT2D eigenvalue weighted by molar-refractivity contribution is -0.136. The first kappa shape index (κ1) is 21.5. The van der Waals surface area contributed by atoms with Crippen LogP contribution in [0.2, 0.25) is 0 Å². The Labute approximate surface area is 178 Å². The molecular weight excluding hydrogens is 404 g/mol. The molecule has 2 fully saturated rings. The number of aromatic nitrogens is 2. The molecule has 1 aliphatic carbocycles. The number of rotatable bonds is 5. The van der Waals surface area contributed by atoms with Crippen LogP contribution < -0.4 is 5.56 Å². The van der Waals surface area contributed by atoms with Gasteiger partial charge < -0.3 is 9.88 Å². The van der Waals surface area contributed by atoms with Crippen LogP contribution in [-0.2, 0) is 27.8 Å². The van der Waals surface area contributed by atoms with Gasteiger partial charge in [-0.2, -0.15) is 4.31 Å². The van der Waals surface area contributed by atoms with E-state index in [4.69, 9.17) is 4.98 Å². The first-order valence-corrected chi connectivity index (χ1v) is 12.9. The molecule has 0 bridgehead atoms. The minimum atomic E-state index is -3.34. The van der Waals surface area contributed by atoms with Gasteiger partial charge in [0.05, 0.1) is 24.0 Å². The van der Waals surface area contributed by atoms with E-state index in [1.165, 1.54) is 17.1 Å². The zero-order chi connectivity index (χ0) is 21.3. The summed E-state index contributed by atoms with van der Waals surface area (Å²) in [6.45, 7) is 2.75. The third-order valence-corrected chi connectivity index (χ3v) is 8.72. The normalized spacial score (nSPS) is 23.5. The molecule has 1 saturated carbocycles. The number of carbonyl (C=O) groups excluding carboxylic acids is 1. The van der Waals surface area contributed by atoms with Crippen LogP contribution in [0.15, 0.2) is 4.79 Å². The maximum atomic E-state index is 13.1. The molecule has 0 radical (unpaired) electrons. The quantitative estimate of drug-likeness (QED) is 0.761. The van der Waals surface area contributed by atoms with E-state index in [1.54, 1.807) is 6.92 Å². The Balaban J connectivity index is 1.59. The van der Waals surface area contributed by atoms with Gasteiger partial charge in [-0.15, -0.1) is 0 Å². The number of nitrogens with one attached hydrogen (secondary N) is 1. The molecule has 1 amide bonds. The fraction of sp³-hybridized carbons (Fsp3) is 0.762. The first-order valence-electron chi connectivity index (χ1n) is 11.3. The Morgan fingerprint density at radius 2 is 1.87 bits per heavy atom. The molecule has 1 atom stereocenters. The molecule has 0 aromatic carbocycles. The van der Waals surface area contributed by atoms with Crippen LogP contribution in [0.1, 0.15) is 81.4 Å². The predicted octanol–water partition coefficient (Wildman–Crippen LogP) is 2.11. The van der Waals surface area contributed by atoms with Crippen LogP contribution in [0.4, 0.5) is 0 Å². The van der Waals surface area contributed by atoms with Crippen molar-refractivity contribution in [3.8, 4) is 0 Å². The zero-order valence-electron chi connectivity index (χ0n) is 17.7. The molecule has 4 rings (SSSR count). The van der Waals surface area contributed by atoms with Crippen LogP contribution in [0.25, 0.3) is 0 Å². The Hall–Kier alpha value is -1.74. The monoisotopic (exact) mass is 436 g/mol. The Bertz CT molecular complexity index is 952. The van der Waals surface area contributed by atoms with Crippen molar-refractivity contribution in [1.29, 1.82) is 0 Å². The van der Waals surface area contributed by atoms with Crippen molar-refractivity contribution in [2.45, 2.75) is 77.3 Å². The summed E-state index contributed by atoms with van der Waals surface area (Å²) in [7, 11) is -3.34.